The standard InChI is InChI=1S/C13H16FN3/c1-9-7-10(5-6-16-9)17-13-4-2-3-12(14)11(13)8-15/h2-4,9-10,16-17H,5-7H2,1H3. The summed E-state index contributed by atoms with van der Waals surface area (Å²) in [4.78, 5) is 0. The molecule has 1 aliphatic heterocycles. The van der Waals surface area contributed by atoms with Crippen LogP contribution in [0.3, 0.4) is 0 Å². The van der Waals surface area contributed by atoms with Gasteiger partial charge in [-0.15, -0.1) is 0 Å². The number of benzene rings is 1. The summed E-state index contributed by atoms with van der Waals surface area (Å²) in [6.07, 6.45) is 1.98. The molecule has 1 aromatic rings. The highest BCUT2D eigenvalue weighted by molar-refractivity contribution is 5.58. The summed E-state index contributed by atoms with van der Waals surface area (Å²) in [5, 5.41) is 15.6. The molecule has 0 bridgehead atoms. The van der Waals surface area contributed by atoms with Gasteiger partial charge in [0.05, 0.1) is 5.69 Å². The lowest BCUT2D eigenvalue weighted by Crippen LogP contribution is -2.41. The van der Waals surface area contributed by atoms with Crippen molar-refractivity contribution in [1.82, 2.24) is 5.32 Å². The Labute approximate surface area is 101 Å². The summed E-state index contributed by atoms with van der Waals surface area (Å²) in [5.74, 6) is -0.459. The molecule has 1 fully saturated rings. The van der Waals surface area contributed by atoms with Crippen LogP contribution in [0.25, 0.3) is 0 Å². The first-order valence-electron chi connectivity index (χ1n) is 5.89. The lowest BCUT2D eigenvalue weighted by atomic mass is 10.00. The Balaban J connectivity index is 2.13. The minimum Gasteiger partial charge on any atom is -0.381 e. The van der Waals surface area contributed by atoms with E-state index in [1.54, 1.807) is 12.1 Å². The average molecular weight is 233 g/mol. The van der Waals surface area contributed by atoms with E-state index in [1.807, 2.05) is 6.07 Å². The molecule has 17 heavy (non-hydrogen) atoms. The van der Waals surface area contributed by atoms with Gasteiger partial charge in [0.1, 0.15) is 17.4 Å². The molecule has 2 atom stereocenters. The van der Waals surface area contributed by atoms with Crippen molar-refractivity contribution in [3.63, 3.8) is 0 Å². The van der Waals surface area contributed by atoms with Crippen LogP contribution in [-0.4, -0.2) is 18.6 Å². The van der Waals surface area contributed by atoms with Crippen LogP contribution in [0.5, 0.6) is 0 Å². The second kappa shape index (κ2) is 5.15. The number of nitrogens with one attached hydrogen (secondary N) is 2. The van der Waals surface area contributed by atoms with Crippen LogP contribution in [0.1, 0.15) is 25.3 Å². The van der Waals surface area contributed by atoms with Crippen LogP contribution in [0.15, 0.2) is 18.2 Å². The van der Waals surface area contributed by atoms with Gasteiger partial charge in [-0.3, -0.25) is 0 Å². The predicted octanol–water partition coefficient (Wildman–Crippen LogP) is 2.25. The third-order valence-corrected chi connectivity index (χ3v) is 3.11. The molecule has 2 rings (SSSR count). The van der Waals surface area contributed by atoms with E-state index in [4.69, 9.17) is 5.26 Å². The van der Waals surface area contributed by atoms with E-state index in [2.05, 4.69) is 17.6 Å². The van der Waals surface area contributed by atoms with Crippen LogP contribution >= 0.6 is 0 Å². The highest BCUT2D eigenvalue weighted by Gasteiger charge is 2.19. The molecule has 2 N–H and O–H groups in total. The first kappa shape index (κ1) is 11.9. The summed E-state index contributed by atoms with van der Waals surface area (Å²) >= 11 is 0. The Morgan fingerprint density at radius 2 is 2.35 bits per heavy atom. The lowest BCUT2D eigenvalue weighted by molar-refractivity contribution is 0.396. The van der Waals surface area contributed by atoms with Crippen molar-refractivity contribution in [2.75, 3.05) is 11.9 Å². The molecule has 1 heterocycles. The Hall–Kier alpha value is -1.60. The number of rotatable bonds is 2. The number of hydrogen-bond acceptors (Lipinski definition) is 3. The number of hydrogen-bond donors (Lipinski definition) is 2. The quantitative estimate of drug-likeness (QED) is 0.823. The zero-order chi connectivity index (χ0) is 12.3. The molecule has 0 saturated carbocycles. The van der Waals surface area contributed by atoms with Gasteiger partial charge in [-0.2, -0.15) is 5.26 Å². The van der Waals surface area contributed by atoms with E-state index >= 15 is 0 Å². The van der Waals surface area contributed by atoms with Gasteiger partial charge < -0.3 is 10.6 Å². The van der Waals surface area contributed by atoms with Crippen LogP contribution in [-0.2, 0) is 0 Å². The fraction of sp³-hybridized carbons (Fsp3) is 0.462. The maximum Gasteiger partial charge on any atom is 0.143 e. The second-order valence-electron chi connectivity index (χ2n) is 4.50. The molecule has 0 aliphatic carbocycles. The molecular formula is C13H16FN3. The van der Waals surface area contributed by atoms with E-state index < -0.39 is 5.82 Å². The van der Waals surface area contributed by atoms with Gasteiger partial charge in [0, 0.05) is 12.1 Å². The molecule has 0 spiro atoms. The van der Waals surface area contributed by atoms with E-state index in [0.717, 1.165) is 19.4 Å². The van der Waals surface area contributed by atoms with Crippen LogP contribution < -0.4 is 10.6 Å². The van der Waals surface area contributed by atoms with Gasteiger partial charge >= 0.3 is 0 Å². The maximum absolute atomic E-state index is 13.4. The molecule has 4 heteroatoms. The molecular weight excluding hydrogens is 217 g/mol. The average Bonchev–Trinajstić information content (AvgIpc) is 2.29. The minimum atomic E-state index is -0.459. The molecule has 2 unspecified atom stereocenters. The third kappa shape index (κ3) is 2.75. The van der Waals surface area contributed by atoms with Crippen molar-refractivity contribution in [2.45, 2.75) is 31.8 Å². The third-order valence-electron chi connectivity index (χ3n) is 3.11. The zero-order valence-electron chi connectivity index (χ0n) is 9.83. The van der Waals surface area contributed by atoms with Crippen molar-refractivity contribution in [1.29, 1.82) is 5.26 Å². The molecule has 1 aromatic carbocycles. The van der Waals surface area contributed by atoms with E-state index in [1.165, 1.54) is 6.07 Å². The highest BCUT2D eigenvalue weighted by atomic mass is 19.1. The molecule has 1 aliphatic rings. The summed E-state index contributed by atoms with van der Waals surface area (Å²) in [6.45, 7) is 3.08. The molecule has 90 valence electrons. The Kier molecular flexibility index (Phi) is 3.60. The van der Waals surface area contributed by atoms with Gasteiger partial charge in [0.2, 0.25) is 0 Å². The number of nitrogens with zero attached hydrogens (tertiary/aromatic N) is 1. The van der Waals surface area contributed by atoms with E-state index in [0.29, 0.717) is 17.8 Å². The fourth-order valence-electron chi connectivity index (χ4n) is 2.24. The number of piperidine rings is 1. The SMILES string of the molecule is CC1CC(Nc2cccc(F)c2C#N)CCN1. The first-order chi connectivity index (χ1) is 8.20. The largest absolute Gasteiger partial charge is 0.381 e. The summed E-state index contributed by atoms with van der Waals surface area (Å²) in [6, 6.07) is 7.38. The minimum absolute atomic E-state index is 0.110. The second-order valence-corrected chi connectivity index (χ2v) is 4.50. The lowest BCUT2D eigenvalue weighted by Gasteiger charge is -2.29. The Morgan fingerprint density at radius 3 is 3.06 bits per heavy atom. The number of anilines is 1. The summed E-state index contributed by atoms with van der Waals surface area (Å²) in [7, 11) is 0. The molecule has 0 amide bonds. The normalized spacial score (nSPS) is 24.1. The van der Waals surface area contributed by atoms with E-state index in [-0.39, 0.29) is 5.56 Å². The highest BCUT2D eigenvalue weighted by Crippen LogP contribution is 2.21. The molecule has 0 aromatic heterocycles. The van der Waals surface area contributed by atoms with Crippen LogP contribution in [0, 0.1) is 17.1 Å². The monoisotopic (exact) mass is 233 g/mol. The molecule has 3 nitrogen and oxygen atoms in total. The summed E-state index contributed by atoms with van der Waals surface area (Å²) in [5.41, 5.74) is 0.713. The van der Waals surface area contributed by atoms with Gasteiger partial charge in [-0.1, -0.05) is 6.07 Å². The predicted molar refractivity (Wildman–Crippen MR) is 65.2 cm³/mol. The zero-order valence-corrected chi connectivity index (χ0v) is 9.83. The molecule has 0 radical (unpaired) electrons. The Morgan fingerprint density at radius 1 is 1.53 bits per heavy atom. The number of halogens is 1. The topological polar surface area (TPSA) is 47.9 Å². The van der Waals surface area contributed by atoms with Gasteiger partial charge in [-0.25, -0.2) is 4.39 Å². The van der Waals surface area contributed by atoms with Crippen molar-refractivity contribution < 1.29 is 4.39 Å². The van der Waals surface area contributed by atoms with Gasteiger partial charge in [0.15, 0.2) is 0 Å². The first-order valence-corrected chi connectivity index (χ1v) is 5.89. The van der Waals surface area contributed by atoms with Crippen molar-refractivity contribution in [3.8, 4) is 6.07 Å². The Bertz CT molecular complexity index is 439. The fourth-order valence-corrected chi connectivity index (χ4v) is 2.24. The summed E-state index contributed by atoms with van der Waals surface area (Å²) < 4.78 is 13.4. The van der Waals surface area contributed by atoms with Crippen molar-refractivity contribution >= 4 is 5.69 Å². The van der Waals surface area contributed by atoms with Crippen LogP contribution in [0.4, 0.5) is 10.1 Å². The van der Waals surface area contributed by atoms with Gasteiger partial charge in [-0.05, 0) is 38.4 Å². The number of nitriles is 1. The van der Waals surface area contributed by atoms with Crippen molar-refractivity contribution in [3.05, 3.63) is 29.6 Å². The van der Waals surface area contributed by atoms with Crippen molar-refractivity contribution in [2.24, 2.45) is 0 Å². The maximum atomic E-state index is 13.4. The van der Waals surface area contributed by atoms with E-state index in [9.17, 15) is 4.39 Å². The van der Waals surface area contributed by atoms with Gasteiger partial charge in [0.25, 0.3) is 0 Å². The smallest absolute Gasteiger partial charge is 0.143 e. The van der Waals surface area contributed by atoms with Crippen LogP contribution in [0.2, 0.25) is 0 Å². The molecule has 1 saturated heterocycles.